The minimum atomic E-state index is 0.485. The van der Waals surface area contributed by atoms with E-state index in [2.05, 4.69) is 10.4 Å². The number of aryl methyl sites for hydroxylation is 2. The van der Waals surface area contributed by atoms with Crippen molar-refractivity contribution in [1.82, 2.24) is 9.78 Å². The predicted octanol–water partition coefficient (Wildman–Crippen LogP) is 3.21. The van der Waals surface area contributed by atoms with E-state index in [1.165, 1.54) is 0 Å². The molecule has 2 aromatic rings. The Bertz CT molecular complexity index is 655. The van der Waals surface area contributed by atoms with Crippen LogP contribution in [0.15, 0.2) is 12.1 Å². The fourth-order valence-corrected chi connectivity index (χ4v) is 2.28. The molecule has 1 heterocycles. The average molecular weight is 311 g/mol. The van der Waals surface area contributed by atoms with Gasteiger partial charge in [0.15, 0.2) is 5.82 Å². The number of nitrogen functional groups attached to an aromatic ring is 1. The number of aromatic nitrogens is 2. The molecule has 1 aromatic carbocycles. The topological polar surface area (TPSA) is 74.3 Å². The molecule has 0 unspecified atom stereocenters. The molecule has 114 valence electrons. The summed E-state index contributed by atoms with van der Waals surface area (Å²) in [6, 6.07) is 3.46. The van der Waals surface area contributed by atoms with Crippen LogP contribution in [0, 0.1) is 6.92 Å². The van der Waals surface area contributed by atoms with Gasteiger partial charge >= 0.3 is 0 Å². The van der Waals surface area contributed by atoms with Gasteiger partial charge < -0.3 is 20.5 Å². The van der Waals surface area contributed by atoms with Crippen LogP contribution in [0.2, 0.25) is 5.02 Å². The van der Waals surface area contributed by atoms with Crippen LogP contribution in [0.3, 0.4) is 0 Å². The monoisotopic (exact) mass is 310 g/mol. The lowest BCUT2D eigenvalue weighted by Gasteiger charge is -2.15. The Balaban J connectivity index is 2.46. The van der Waals surface area contributed by atoms with E-state index in [0.717, 1.165) is 11.5 Å². The van der Waals surface area contributed by atoms with Crippen LogP contribution < -0.4 is 20.5 Å². The largest absolute Gasteiger partial charge is 0.495 e. The number of nitrogens with zero attached hydrogens (tertiary/aromatic N) is 2. The molecule has 2 rings (SSSR count). The van der Waals surface area contributed by atoms with Gasteiger partial charge in [-0.05, 0) is 19.9 Å². The van der Waals surface area contributed by atoms with Gasteiger partial charge in [-0.15, -0.1) is 0 Å². The maximum atomic E-state index is 6.17. The van der Waals surface area contributed by atoms with Crippen LogP contribution in [-0.4, -0.2) is 24.0 Å². The molecule has 0 aliphatic rings. The normalized spacial score (nSPS) is 10.5. The number of nitrogens with two attached hydrogens (primary N) is 1. The SMILES string of the molecule is CCn1nc(C)c(N)c1Nc1cc(Cl)c(OC)cc1OC. The Labute approximate surface area is 128 Å². The fraction of sp³-hybridized carbons (Fsp3) is 0.357. The quantitative estimate of drug-likeness (QED) is 0.887. The highest BCUT2D eigenvalue weighted by atomic mass is 35.5. The molecule has 6 nitrogen and oxygen atoms in total. The number of benzene rings is 1. The minimum absolute atomic E-state index is 0.485. The molecule has 0 fully saturated rings. The van der Waals surface area contributed by atoms with E-state index < -0.39 is 0 Å². The summed E-state index contributed by atoms with van der Waals surface area (Å²) in [5, 5.41) is 8.09. The molecule has 0 radical (unpaired) electrons. The van der Waals surface area contributed by atoms with Gasteiger partial charge in [-0.25, -0.2) is 4.68 Å². The van der Waals surface area contributed by atoms with Gasteiger partial charge in [-0.1, -0.05) is 11.6 Å². The van der Waals surface area contributed by atoms with Crippen molar-refractivity contribution in [2.24, 2.45) is 0 Å². The number of anilines is 3. The van der Waals surface area contributed by atoms with Crippen LogP contribution in [-0.2, 0) is 6.54 Å². The summed E-state index contributed by atoms with van der Waals surface area (Å²) < 4.78 is 12.3. The van der Waals surface area contributed by atoms with Gasteiger partial charge in [-0.3, -0.25) is 0 Å². The number of halogens is 1. The third-order valence-electron chi connectivity index (χ3n) is 3.20. The van der Waals surface area contributed by atoms with Gasteiger partial charge in [0.25, 0.3) is 0 Å². The number of nitrogens with one attached hydrogen (secondary N) is 1. The van der Waals surface area contributed by atoms with Gasteiger partial charge in [0, 0.05) is 12.6 Å². The van der Waals surface area contributed by atoms with Crippen LogP contribution in [0.25, 0.3) is 0 Å². The highest BCUT2D eigenvalue weighted by Crippen LogP contribution is 2.38. The number of hydrogen-bond acceptors (Lipinski definition) is 5. The van der Waals surface area contributed by atoms with E-state index >= 15 is 0 Å². The average Bonchev–Trinajstić information content (AvgIpc) is 2.75. The maximum absolute atomic E-state index is 6.17. The highest BCUT2D eigenvalue weighted by Gasteiger charge is 2.15. The van der Waals surface area contributed by atoms with E-state index in [4.69, 9.17) is 26.8 Å². The number of hydrogen-bond donors (Lipinski definition) is 2. The molecule has 7 heteroatoms. The fourth-order valence-electron chi connectivity index (χ4n) is 2.04. The predicted molar refractivity (Wildman–Crippen MR) is 84.9 cm³/mol. The summed E-state index contributed by atoms with van der Waals surface area (Å²) in [6.07, 6.45) is 0. The van der Waals surface area contributed by atoms with Crippen LogP contribution in [0.1, 0.15) is 12.6 Å². The van der Waals surface area contributed by atoms with Crippen molar-refractivity contribution >= 4 is 28.8 Å². The molecule has 0 amide bonds. The van der Waals surface area contributed by atoms with Crippen molar-refractivity contribution in [3.8, 4) is 11.5 Å². The Morgan fingerprint density at radius 2 is 1.95 bits per heavy atom. The van der Waals surface area contributed by atoms with E-state index in [0.29, 0.717) is 34.4 Å². The van der Waals surface area contributed by atoms with Gasteiger partial charge in [0.05, 0.1) is 36.3 Å². The third-order valence-corrected chi connectivity index (χ3v) is 3.50. The van der Waals surface area contributed by atoms with E-state index in [-0.39, 0.29) is 0 Å². The Kier molecular flexibility index (Phi) is 4.47. The standard InChI is InChI=1S/C14H19ClN4O2/c1-5-19-14(13(16)8(2)18-19)17-10-6-9(15)11(20-3)7-12(10)21-4/h6-7,17H,5,16H2,1-4H3. The molecule has 0 spiro atoms. The summed E-state index contributed by atoms with van der Waals surface area (Å²) >= 11 is 6.17. The van der Waals surface area contributed by atoms with Gasteiger partial charge in [0.1, 0.15) is 11.5 Å². The summed E-state index contributed by atoms with van der Waals surface area (Å²) in [4.78, 5) is 0. The highest BCUT2D eigenvalue weighted by molar-refractivity contribution is 6.32. The smallest absolute Gasteiger partial charge is 0.152 e. The number of ether oxygens (including phenoxy) is 2. The van der Waals surface area contributed by atoms with Crippen molar-refractivity contribution in [1.29, 1.82) is 0 Å². The zero-order valence-electron chi connectivity index (χ0n) is 12.5. The maximum Gasteiger partial charge on any atom is 0.152 e. The molecule has 3 N–H and O–H groups in total. The van der Waals surface area contributed by atoms with E-state index in [1.54, 1.807) is 31.0 Å². The molecule has 1 aromatic heterocycles. The summed E-state index contributed by atoms with van der Waals surface area (Å²) in [6.45, 7) is 4.56. The second kappa shape index (κ2) is 6.13. The molecular formula is C14H19ClN4O2. The van der Waals surface area contributed by atoms with Crippen molar-refractivity contribution in [2.45, 2.75) is 20.4 Å². The van der Waals surface area contributed by atoms with E-state index in [1.807, 2.05) is 13.8 Å². The van der Waals surface area contributed by atoms with Crippen LogP contribution in [0.5, 0.6) is 11.5 Å². The van der Waals surface area contributed by atoms with Crippen LogP contribution >= 0.6 is 11.6 Å². The lowest BCUT2D eigenvalue weighted by Crippen LogP contribution is -2.05. The van der Waals surface area contributed by atoms with Crippen molar-refractivity contribution < 1.29 is 9.47 Å². The molecule has 0 aliphatic carbocycles. The first-order chi connectivity index (χ1) is 10.0. The van der Waals surface area contributed by atoms with Gasteiger partial charge in [0.2, 0.25) is 0 Å². The van der Waals surface area contributed by atoms with Crippen molar-refractivity contribution in [3.05, 3.63) is 22.8 Å². The van der Waals surface area contributed by atoms with Crippen molar-refractivity contribution in [3.63, 3.8) is 0 Å². The molecule has 0 aliphatic heterocycles. The number of rotatable bonds is 5. The molecule has 0 atom stereocenters. The number of methoxy groups -OCH3 is 2. The molecule has 0 saturated carbocycles. The first kappa shape index (κ1) is 15.3. The minimum Gasteiger partial charge on any atom is -0.495 e. The van der Waals surface area contributed by atoms with E-state index in [9.17, 15) is 0 Å². The molecule has 0 bridgehead atoms. The van der Waals surface area contributed by atoms with Gasteiger partial charge in [-0.2, -0.15) is 5.10 Å². The Morgan fingerprint density at radius 3 is 2.52 bits per heavy atom. The summed E-state index contributed by atoms with van der Waals surface area (Å²) in [7, 11) is 3.14. The zero-order chi connectivity index (χ0) is 15.6. The summed E-state index contributed by atoms with van der Waals surface area (Å²) in [5.74, 6) is 1.87. The molecular weight excluding hydrogens is 292 g/mol. The first-order valence-corrected chi connectivity index (χ1v) is 6.91. The lowest BCUT2D eigenvalue weighted by atomic mass is 10.2. The molecule has 0 saturated heterocycles. The second-order valence-corrected chi connectivity index (χ2v) is 4.88. The Morgan fingerprint density at radius 1 is 1.29 bits per heavy atom. The van der Waals surface area contributed by atoms with Crippen LogP contribution in [0.4, 0.5) is 17.2 Å². The third kappa shape index (κ3) is 2.85. The van der Waals surface area contributed by atoms with Crippen molar-refractivity contribution in [2.75, 3.05) is 25.3 Å². The second-order valence-electron chi connectivity index (χ2n) is 4.48. The first-order valence-electron chi connectivity index (χ1n) is 6.53. The molecule has 21 heavy (non-hydrogen) atoms. The zero-order valence-corrected chi connectivity index (χ0v) is 13.3. The Hall–Kier alpha value is -2.08. The summed E-state index contributed by atoms with van der Waals surface area (Å²) in [5.41, 5.74) is 8.15. The lowest BCUT2D eigenvalue weighted by molar-refractivity contribution is 0.395.